The van der Waals surface area contributed by atoms with Gasteiger partial charge in [-0.3, -0.25) is 0 Å². The van der Waals surface area contributed by atoms with Crippen LogP contribution in [-0.2, 0) is 5.41 Å². The average molecular weight is 566 g/mol. The lowest BCUT2D eigenvalue weighted by Gasteiger charge is -2.42. The Hall–Kier alpha value is -5.54. The van der Waals surface area contributed by atoms with E-state index < -0.39 is 0 Å². The van der Waals surface area contributed by atoms with Gasteiger partial charge in [-0.25, -0.2) is 0 Å². The van der Waals surface area contributed by atoms with Crippen LogP contribution >= 0.6 is 0 Å². The summed E-state index contributed by atoms with van der Waals surface area (Å²) < 4.78 is 4.72. The second-order valence-electron chi connectivity index (χ2n) is 12.3. The predicted octanol–water partition coefficient (Wildman–Crippen LogP) is 10.8. The van der Waals surface area contributed by atoms with Crippen molar-refractivity contribution >= 4 is 49.8 Å². The van der Waals surface area contributed by atoms with E-state index in [1.54, 1.807) is 0 Å². The van der Waals surface area contributed by atoms with Gasteiger partial charge in [0.15, 0.2) is 0 Å². The van der Waals surface area contributed by atoms with E-state index in [0.29, 0.717) is 0 Å². The van der Waals surface area contributed by atoms with Crippen molar-refractivity contribution < 1.29 is 0 Å². The van der Waals surface area contributed by atoms with Crippen molar-refractivity contribution in [3.05, 3.63) is 163 Å². The fraction of sp³-hybridized carbons (Fsp3) is 0.0732. The molecule has 6 aromatic carbocycles. The highest BCUT2D eigenvalue weighted by molar-refractivity contribution is 6.13. The summed E-state index contributed by atoms with van der Waals surface area (Å²) in [5.74, 6) is 0. The first-order chi connectivity index (χ1) is 21.6. The number of para-hydroxylation sites is 4. The molecule has 0 spiro atoms. The molecule has 3 heteroatoms. The number of rotatable bonds is 3. The van der Waals surface area contributed by atoms with Gasteiger partial charge in [0.1, 0.15) is 0 Å². The van der Waals surface area contributed by atoms with Crippen LogP contribution in [0.1, 0.15) is 25.0 Å². The van der Waals surface area contributed by atoms with Crippen LogP contribution in [0.3, 0.4) is 0 Å². The summed E-state index contributed by atoms with van der Waals surface area (Å²) in [7, 11) is 0. The molecule has 0 atom stereocenters. The fourth-order valence-corrected chi connectivity index (χ4v) is 7.41. The minimum atomic E-state index is -0.0876. The van der Waals surface area contributed by atoms with Gasteiger partial charge < -0.3 is 14.0 Å². The van der Waals surface area contributed by atoms with Gasteiger partial charge in [-0.15, -0.1) is 0 Å². The van der Waals surface area contributed by atoms with E-state index in [0.717, 1.165) is 11.4 Å². The summed E-state index contributed by atoms with van der Waals surface area (Å²) in [4.78, 5) is 2.44. The van der Waals surface area contributed by atoms with Crippen molar-refractivity contribution in [3.63, 3.8) is 0 Å². The predicted molar refractivity (Wildman–Crippen MR) is 184 cm³/mol. The van der Waals surface area contributed by atoms with Gasteiger partial charge in [-0.1, -0.05) is 92.7 Å². The highest BCUT2D eigenvalue weighted by Gasteiger charge is 2.36. The Kier molecular flexibility index (Phi) is 5.24. The maximum atomic E-state index is 2.44. The largest absolute Gasteiger partial charge is 0.317 e. The van der Waals surface area contributed by atoms with Crippen LogP contribution in [-0.4, -0.2) is 9.13 Å². The Morgan fingerprint density at radius 2 is 1.09 bits per heavy atom. The lowest BCUT2D eigenvalue weighted by atomic mass is 9.73. The van der Waals surface area contributed by atoms with Crippen LogP contribution in [0, 0.1) is 0 Å². The molecular weight excluding hydrogens is 534 g/mol. The summed E-state index contributed by atoms with van der Waals surface area (Å²) in [6.07, 6.45) is 2.18. The standard InChI is InChI=1S/C41H31N3/c1-41(2)34-18-7-10-21-37(34)44(38-22-11-8-19-35(38)41)31-16-12-15-30(26-31)43-36-20-9-6-17-32(36)33-27-39-28(25-40(33)43)23-24-42(39)29-13-4-3-5-14-29/h3-27H,1-2H3. The summed E-state index contributed by atoms with van der Waals surface area (Å²) in [5, 5.41) is 3.73. The highest BCUT2D eigenvalue weighted by atomic mass is 15.2. The van der Waals surface area contributed by atoms with E-state index in [9.17, 15) is 0 Å². The van der Waals surface area contributed by atoms with Gasteiger partial charge in [-0.2, -0.15) is 0 Å². The number of aromatic nitrogens is 2. The number of hydrogen-bond acceptors (Lipinski definition) is 1. The monoisotopic (exact) mass is 565 g/mol. The molecule has 8 aromatic rings. The quantitative estimate of drug-likeness (QED) is 0.208. The van der Waals surface area contributed by atoms with E-state index in [1.165, 1.54) is 60.9 Å². The minimum Gasteiger partial charge on any atom is -0.317 e. The third-order valence-electron chi connectivity index (χ3n) is 9.50. The van der Waals surface area contributed by atoms with Crippen LogP contribution in [0.5, 0.6) is 0 Å². The van der Waals surface area contributed by atoms with Crippen molar-refractivity contribution in [1.82, 2.24) is 9.13 Å². The zero-order valence-electron chi connectivity index (χ0n) is 24.8. The number of fused-ring (bicyclic) bond motifs is 6. The van der Waals surface area contributed by atoms with Crippen LogP contribution in [0.25, 0.3) is 44.1 Å². The second kappa shape index (κ2) is 9.23. The van der Waals surface area contributed by atoms with Crippen molar-refractivity contribution in [3.8, 4) is 11.4 Å². The first kappa shape index (κ1) is 25.0. The molecule has 3 heterocycles. The van der Waals surface area contributed by atoms with Gasteiger partial charge in [0, 0.05) is 44.8 Å². The molecule has 0 N–H and O–H groups in total. The van der Waals surface area contributed by atoms with Crippen molar-refractivity contribution in [2.75, 3.05) is 4.90 Å². The van der Waals surface area contributed by atoms with Gasteiger partial charge in [0.05, 0.1) is 27.9 Å². The van der Waals surface area contributed by atoms with E-state index in [2.05, 4.69) is 180 Å². The summed E-state index contributed by atoms with van der Waals surface area (Å²) >= 11 is 0. The minimum absolute atomic E-state index is 0.0876. The van der Waals surface area contributed by atoms with Crippen molar-refractivity contribution in [2.24, 2.45) is 0 Å². The van der Waals surface area contributed by atoms with Crippen molar-refractivity contribution in [1.29, 1.82) is 0 Å². The molecule has 210 valence electrons. The van der Waals surface area contributed by atoms with E-state index in [4.69, 9.17) is 0 Å². The Bertz CT molecular complexity index is 2320. The SMILES string of the molecule is CC1(C)c2ccccc2N(c2cccc(-n3c4ccccc4c4cc5c(ccn5-c5ccccc5)cc43)c2)c2ccccc21. The number of nitrogens with zero attached hydrogens (tertiary/aromatic N) is 3. The highest BCUT2D eigenvalue weighted by Crippen LogP contribution is 2.51. The van der Waals surface area contributed by atoms with E-state index in [-0.39, 0.29) is 5.41 Å². The Balaban J connectivity index is 1.28. The Morgan fingerprint density at radius 3 is 1.86 bits per heavy atom. The molecule has 0 saturated carbocycles. The Morgan fingerprint density at radius 1 is 0.455 bits per heavy atom. The van der Waals surface area contributed by atoms with Gasteiger partial charge in [0.2, 0.25) is 0 Å². The first-order valence-electron chi connectivity index (χ1n) is 15.3. The normalized spacial score (nSPS) is 13.8. The number of hydrogen-bond donors (Lipinski definition) is 0. The number of anilines is 3. The van der Waals surface area contributed by atoms with Crippen LogP contribution in [0.4, 0.5) is 17.1 Å². The molecular formula is C41H31N3. The maximum Gasteiger partial charge on any atom is 0.0548 e. The molecule has 44 heavy (non-hydrogen) atoms. The summed E-state index contributed by atoms with van der Waals surface area (Å²) in [5.41, 5.74) is 12.2. The molecule has 0 radical (unpaired) electrons. The smallest absolute Gasteiger partial charge is 0.0548 e. The number of benzene rings is 6. The molecule has 0 amide bonds. The molecule has 2 aromatic heterocycles. The molecule has 1 aliphatic heterocycles. The van der Waals surface area contributed by atoms with Gasteiger partial charge in [0.25, 0.3) is 0 Å². The molecule has 0 unspecified atom stereocenters. The van der Waals surface area contributed by atoms with Gasteiger partial charge in [-0.05, 0) is 77.9 Å². The van der Waals surface area contributed by atoms with E-state index in [1.807, 2.05) is 0 Å². The topological polar surface area (TPSA) is 13.1 Å². The van der Waals surface area contributed by atoms with Crippen LogP contribution in [0.2, 0.25) is 0 Å². The first-order valence-corrected chi connectivity index (χ1v) is 15.3. The molecule has 0 saturated heterocycles. The fourth-order valence-electron chi connectivity index (χ4n) is 7.41. The summed E-state index contributed by atoms with van der Waals surface area (Å²) in [6.45, 7) is 4.67. The molecule has 0 aliphatic carbocycles. The Labute approximate surface area is 256 Å². The lowest BCUT2D eigenvalue weighted by molar-refractivity contribution is 0.632. The average Bonchev–Trinajstić information content (AvgIpc) is 3.63. The van der Waals surface area contributed by atoms with E-state index >= 15 is 0 Å². The summed E-state index contributed by atoms with van der Waals surface area (Å²) in [6, 6.07) is 53.0. The van der Waals surface area contributed by atoms with Crippen LogP contribution in [0.15, 0.2) is 152 Å². The molecule has 3 nitrogen and oxygen atoms in total. The maximum absolute atomic E-state index is 2.44. The molecule has 0 bridgehead atoms. The second-order valence-corrected chi connectivity index (χ2v) is 12.3. The van der Waals surface area contributed by atoms with Gasteiger partial charge >= 0.3 is 0 Å². The van der Waals surface area contributed by atoms with Crippen molar-refractivity contribution in [2.45, 2.75) is 19.3 Å². The molecule has 9 rings (SSSR count). The zero-order chi connectivity index (χ0) is 29.4. The lowest BCUT2D eigenvalue weighted by Crippen LogP contribution is -2.30. The third kappa shape index (κ3) is 3.50. The molecule has 1 aliphatic rings. The van der Waals surface area contributed by atoms with Crippen LogP contribution < -0.4 is 4.90 Å². The third-order valence-corrected chi connectivity index (χ3v) is 9.50. The zero-order valence-corrected chi connectivity index (χ0v) is 24.8. The molecule has 0 fully saturated rings.